The molecule has 0 heterocycles. The standard InChI is InChI=1S/C18H17Cl2FN2O2/c1-12(24)23(16-8-4-6-14(19)18(16)20)11-17(25)22-10-9-13-5-2-3-7-15(13)21/h2-8H,9-11H2,1H3,(H,22,25). The van der Waals surface area contributed by atoms with Crippen molar-refractivity contribution in [2.75, 3.05) is 18.0 Å². The minimum atomic E-state index is -0.373. The van der Waals surface area contributed by atoms with Crippen molar-refractivity contribution in [3.05, 3.63) is 63.9 Å². The molecular weight excluding hydrogens is 366 g/mol. The Morgan fingerprint density at radius 3 is 2.52 bits per heavy atom. The van der Waals surface area contributed by atoms with Crippen LogP contribution in [0, 0.1) is 5.82 Å². The Bertz CT molecular complexity index is 783. The molecule has 0 fully saturated rings. The Morgan fingerprint density at radius 1 is 1.12 bits per heavy atom. The highest BCUT2D eigenvalue weighted by Gasteiger charge is 2.19. The van der Waals surface area contributed by atoms with Gasteiger partial charge in [0.15, 0.2) is 0 Å². The van der Waals surface area contributed by atoms with E-state index >= 15 is 0 Å². The monoisotopic (exact) mass is 382 g/mol. The van der Waals surface area contributed by atoms with Crippen LogP contribution in [0.1, 0.15) is 12.5 Å². The summed E-state index contributed by atoms with van der Waals surface area (Å²) in [5.74, 6) is -1.02. The van der Waals surface area contributed by atoms with Gasteiger partial charge in [-0.1, -0.05) is 47.5 Å². The molecule has 25 heavy (non-hydrogen) atoms. The van der Waals surface area contributed by atoms with Gasteiger partial charge in [-0.2, -0.15) is 0 Å². The molecule has 0 saturated carbocycles. The molecule has 0 aromatic heterocycles. The lowest BCUT2D eigenvalue weighted by atomic mass is 10.1. The molecule has 132 valence electrons. The molecule has 0 bridgehead atoms. The fourth-order valence-corrected chi connectivity index (χ4v) is 2.70. The fraction of sp³-hybridized carbons (Fsp3) is 0.222. The first-order valence-electron chi connectivity index (χ1n) is 7.62. The first-order chi connectivity index (χ1) is 11.9. The molecule has 4 nitrogen and oxygen atoms in total. The first-order valence-corrected chi connectivity index (χ1v) is 8.38. The van der Waals surface area contributed by atoms with Gasteiger partial charge >= 0.3 is 0 Å². The molecule has 7 heteroatoms. The number of hydrogen-bond donors (Lipinski definition) is 1. The zero-order valence-electron chi connectivity index (χ0n) is 13.6. The quantitative estimate of drug-likeness (QED) is 0.824. The van der Waals surface area contributed by atoms with E-state index in [1.165, 1.54) is 17.9 Å². The van der Waals surface area contributed by atoms with Crippen LogP contribution in [0.5, 0.6) is 0 Å². The van der Waals surface area contributed by atoms with Gasteiger partial charge in [0, 0.05) is 13.5 Å². The van der Waals surface area contributed by atoms with E-state index in [2.05, 4.69) is 5.32 Å². The molecule has 0 aliphatic rings. The number of halogens is 3. The Hall–Kier alpha value is -2.11. The second-order valence-electron chi connectivity index (χ2n) is 5.37. The molecule has 2 aromatic carbocycles. The third kappa shape index (κ3) is 5.18. The summed E-state index contributed by atoms with van der Waals surface area (Å²) in [5.41, 5.74) is 0.884. The largest absolute Gasteiger partial charge is 0.354 e. The number of benzene rings is 2. The Labute approximate surface area is 155 Å². The van der Waals surface area contributed by atoms with Gasteiger partial charge in [0.25, 0.3) is 0 Å². The predicted molar refractivity (Wildman–Crippen MR) is 97.6 cm³/mol. The van der Waals surface area contributed by atoms with E-state index in [1.54, 1.807) is 36.4 Å². The molecule has 1 N–H and O–H groups in total. The number of carbonyl (C=O) groups is 2. The van der Waals surface area contributed by atoms with Crippen LogP contribution in [0.3, 0.4) is 0 Å². The van der Waals surface area contributed by atoms with E-state index in [0.717, 1.165) is 0 Å². The highest BCUT2D eigenvalue weighted by Crippen LogP contribution is 2.32. The van der Waals surface area contributed by atoms with E-state index in [0.29, 0.717) is 22.7 Å². The Kier molecular flexibility index (Phi) is 6.79. The fourth-order valence-electron chi connectivity index (χ4n) is 2.30. The van der Waals surface area contributed by atoms with Crippen molar-refractivity contribution in [1.82, 2.24) is 5.32 Å². The van der Waals surface area contributed by atoms with Crippen LogP contribution in [0.25, 0.3) is 0 Å². The number of anilines is 1. The molecule has 0 atom stereocenters. The second-order valence-corrected chi connectivity index (χ2v) is 6.15. The third-order valence-corrected chi connectivity index (χ3v) is 4.39. The molecule has 0 unspecified atom stereocenters. The van der Waals surface area contributed by atoms with Gasteiger partial charge < -0.3 is 10.2 Å². The lowest BCUT2D eigenvalue weighted by molar-refractivity contribution is -0.123. The molecule has 0 aliphatic carbocycles. The number of amides is 2. The summed E-state index contributed by atoms with van der Waals surface area (Å²) >= 11 is 12.1. The molecule has 0 radical (unpaired) electrons. The molecule has 0 spiro atoms. The van der Waals surface area contributed by atoms with Crippen molar-refractivity contribution in [2.24, 2.45) is 0 Å². The van der Waals surface area contributed by atoms with Gasteiger partial charge in [-0.25, -0.2) is 4.39 Å². The van der Waals surface area contributed by atoms with Crippen molar-refractivity contribution in [3.63, 3.8) is 0 Å². The van der Waals surface area contributed by atoms with Gasteiger partial charge in [0.1, 0.15) is 12.4 Å². The van der Waals surface area contributed by atoms with Crippen molar-refractivity contribution in [3.8, 4) is 0 Å². The van der Waals surface area contributed by atoms with Crippen molar-refractivity contribution in [2.45, 2.75) is 13.3 Å². The maximum atomic E-state index is 13.5. The van der Waals surface area contributed by atoms with E-state index in [1.807, 2.05) is 0 Å². The highest BCUT2D eigenvalue weighted by atomic mass is 35.5. The van der Waals surface area contributed by atoms with Crippen molar-refractivity contribution >= 4 is 40.7 Å². The second kappa shape index (κ2) is 8.83. The molecule has 0 aliphatic heterocycles. The number of nitrogens with one attached hydrogen (secondary N) is 1. The summed E-state index contributed by atoms with van der Waals surface area (Å²) in [6, 6.07) is 11.2. The molecule has 2 amide bonds. The van der Waals surface area contributed by atoms with Crippen LogP contribution in [-0.2, 0) is 16.0 Å². The van der Waals surface area contributed by atoms with Gasteiger partial charge in [-0.15, -0.1) is 0 Å². The summed E-state index contributed by atoms with van der Waals surface area (Å²) in [5, 5.41) is 3.18. The normalized spacial score (nSPS) is 10.4. The Balaban J connectivity index is 1.98. The average molecular weight is 383 g/mol. The Morgan fingerprint density at radius 2 is 1.84 bits per heavy atom. The van der Waals surface area contributed by atoms with Crippen LogP contribution >= 0.6 is 23.2 Å². The summed E-state index contributed by atoms with van der Waals surface area (Å²) in [4.78, 5) is 25.2. The highest BCUT2D eigenvalue weighted by molar-refractivity contribution is 6.44. The maximum absolute atomic E-state index is 13.5. The summed E-state index contributed by atoms with van der Waals surface area (Å²) in [7, 11) is 0. The predicted octanol–water partition coefficient (Wildman–Crippen LogP) is 3.84. The first kappa shape index (κ1) is 19.2. The van der Waals surface area contributed by atoms with Crippen LogP contribution in [0.4, 0.5) is 10.1 Å². The number of rotatable bonds is 6. The lowest BCUT2D eigenvalue weighted by Gasteiger charge is -2.22. The topological polar surface area (TPSA) is 49.4 Å². The van der Waals surface area contributed by atoms with Gasteiger partial charge in [-0.05, 0) is 30.2 Å². The van der Waals surface area contributed by atoms with Crippen molar-refractivity contribution in [1.29, 1.82) is 0 Å². The minimum Gasteiger partial charge on any atom is -0.354 e. The van der Waals surface area contributed by atoms with Crippen LogP contribution in [0.15, 0.2) is 42.5 Å². The third-order valence-electron chi connectivity index (χ3n) is 3.58. The minimum absolute atomic E-state index is 0.202. The molecular formula is C18H17Cl2FN2O2. The zero-order valence-corrected chi connectivity index (χ0v) is 15.1. The van der Waals surface area contributed by atoms with Gasteiger partial charge in [0.2, 0.25) is 11.8 Å². The van der Waals surface area contributed by atoms with Gasteiger partial charge in [0.05, 0.1) is 15.7 Å². The maximum Gasteiger partial charge on any atom is 0.240 e. The van der Waals surface area contributed by atoms with E-state index in [4.69, 9.17) is 23.2 Å². The van der Waals surface area contributed by atoms with Crippen molar-refractivity contribution < 1.29 is 14.0 Å². The smallest absolute Gasteiger partial charge is 0.240 e. The number of nitrogens with zero attached hydrogens (tertiary/aromatic N) is 1. The zero-order chi connectivity index (χ0) is 18.4. The van der Waals surface area contributed by atoms with E-state index < -0.39 is 0 Å². The van der Waals surface area contributed by atoms with Gasteiger partial charge in [-0.3, -0.25) is 9.59 Å². The summed E-state index contributed by atoms with van der Waals surface area (Å²) in [6.07, 6.45) is 0.358. The molecule has 2 aromatic rings. The van der Waals surface area contributed by atoms with Crippen LogP contribution < -0.4 is 10.2 Å². The summed E-state index contributed by atoms with van der Waals surface area (Å²) < 4.78 is 13.5. The van der Waals surface area contributed by atoms with E-state index in [9.17, 15) is 14.0 Å². The molecule has 2 rings (SSSR count). The summed E-state index contributed by atoms with van der Waals surface area (Å²) in [6.45, 7) is 1.39. The van der Waals surface area contributed by atoms with Crippen LogP contribution in [-0.4, -0.2) is 24.9 Å². The number of hydrogen-bond acceptors (Lipinski definition) is 2. The lowest BCUT2D eigenvalue weighted by Crippen LogP contribution is -2.40. The number of carbonyl (C=O) groups excluding carboxylic acids is 2. The van der Waals surface area contributed by atoms with Crippen LogP contribution in [0.2, 0.25) is 10.0 Å². The van der Waals surface area contributed by atoms with E-state index in [-0.39, 0.29) is 35.7 Å². The average Bonchev–Trinajstić information content (AvgIpc) is 2.57. The molecule has 0 saturated heterocycles. The SMILES string of the molecule is CC(=O)N(CC(=O)NCCc1ccccc1F)c1cccc(Cl)c1Cl.